The third-order valence-corrected chi connectivity index (χ3v) is 3.45. The van der Waals surface area contributed by atoms with Gasteiger partial charge in [-0.25, -0.2) is 0 Å². The number of benzene rings is 1. The Morgan fingerprint density at radius 2 is 1.95 bits per heavy atom. The number of amides is 1. The van der Waals surface area contributed by atoms with Gasteiger partial charge in [0.1, 0.15) is 6.10 Å². The fraction of sp³-hybridized carbons (Fsp3) is 0.533. The summed E-state index contributed by atoms with van der Waals surface area (Å²) < 4.78 is 5.43. The van der Waals surface area contributed by atoms with Crippen LogP contribution in [-0.4, -0.2) is 44.7 Å². The summed E-state index contributed by atoms with van der Waals surface area (Å²) in [4.78, 5) is 15.9. The fourth-order valence-electron chi connectivity index (χ4n) is 2.27. The van der Waals surface area contributed by atoms with E-state index in [0.717, 1.165) is 24.1 Å². The maximum atomic E-state index is 12.1. The standard InChI is InChI=1S/C15H22N2O2/c1-16(2)13-8-6-12(7-9-13)11-17(3)15(18)14-5-4-10-19-14/h6-9,14H,4-5,10-11H2,1-3H3. The second-order valence-corrected chi connectivity index (χ2v) is 5.26. The Hall–Kier alpha value is -1.55. The van der Waals surface area contributed by atoms with Crippen LogP contribution < -0.4 is 4.90 Å². The molecule has 104 valence electrons. The zero-order valence-corrected chi connectivity index (χ0v) is 11.9. The van der Waals surface area contributed by atoms with E-state index in [0.29, 0.717) is 13.2 Å². The first kappa shape index (κ1) is 13.9. The topological polar surface area (TPSA) is 32.8 Å². The number of carbonyl (C=O) groups is 1. The van der Waals surface area contributed by atoms with E-state index in [1.807, 2.05) is 21.1 Å². The molecule has 0 radical (unpaired) electrons. The van der Waals surface area contributed by atoms with Crippen LogP contribution in [0.15, 0.2) is 24.3 Å². The van der Waals surface area contributed by atoms with Crippen molar-refractivity contribution in [1.29, 1.82) is 0 Å². The van der Waals surface area contributed by atoms with Gasteiger partial charge in [0.05, 0.1) is 0 Å². The number of hydrogen-bond acceptors (Lipinski definition) is 3. The summed E-state index contributed by atoms with van der Waals surface area (Å²) in [6, 6.07) is 8.27. The highest BCUT2D eigenvalue weighted by molar-refractivity contribution is 5.80. The zero-order valence-electron chi connectivity index (χ0n) is 11.9. The molecule has 0 spiro atoms. The van der Waals surface area contributed by atoms with Crippen molar-refractivity contribution in [1.82, 2.24) is 4.90 Å². The molecule has 2 rings (SSSR count). The number of carbonyl (C=O) groups excluding carboxylic acids is 1. The predicted octanol–water partition coefficient (Wildman–Crippen LogP) is 1.89. The van der Waals surface area contributed by atoms with Crippen molar-refractivity contribution in [2.45, 2.75) is 25.5 Å². The quantitative estimate of drug-likeness (QED) is 0.830. The third-order valence-electron chi connectivity index (χ3n) is 3.45. The number of anilines is 1. The molecule has 1 aromatic rings. The molecule has 1 atom stereocenters. The SMILES string of the molecule is CN(Cc1ccc(N(C)C)cc1)C(=O)C1CCCO1. The van der Waals surface area contributed by atoms with E-state index < -0.39 is 0 Å². The van der Waals surface area contributed by atoms with E-state index in [9.17, 15) is 4.79 Å². The number of rotatable bonds is 4. The second kappa shape index (κ2) is 6.06. The Kier molecular flexibility index (Phi) is 4.43. The molecule has 1 fully saturated rings. The summed E-state index contributed by atoms with van der Waals surface area (Å²) in [5.74, 6) is 0.0918. The smallest absolute Gasteiger partial charge is 0.251 e. The van der Waals surface area contributed by atoms with Gasteiger partial charge >= 0.3 is 0 Å². The minimum atomic E-state index is -0.231. The Bertz CT molecular complexity index is 422. The third kappa shape index (κ3) is 3.47. The van der Waals surface area contributed by atoms with Crippen molar-refractivity contribution in [3.63, 3.8) is 0 Å². The molecule has 4 heteroatoms. The predicted molar refractivity (Wildman–Crippen MR) is 76.2 cm³/mol. The molecule has 1 amide bonds. The lowest BCUT2D eigenvalue weighted by atomic mass is 10.1. The first-order valence-electron chi connectivity index (χ1n) is 6.71. The highest BCUT2D eigenvalue weighted by Crippen LogP contribution is 2.17. The Labute approximate surface area is 115 Å². The molecule has 0 N–H and O–H groups in total. The van der Waals surface area contributed by atoms with Crippen LogP contribution in [0.25, 0.3) is 0 Å². The van der Waals surface area contributed by atoms with Crippen LogP contribution in [0.1, 0.15) is 18.4 Å². The average molecular weight is 262 g/mol. The lowest BCUT2D eigenvalue weighted by Crippen LogP contribution is -2.35. The van der Waals surface area contributed by atoms with Gasteiger partial charge in [-0.3, -0.25) is 4.79 Å². The molecule has 1 unspecified atom stereocenters. The van der Waals surface area contributed by atoms with Crippen molar-refractivity contribution in [2.24, 2.45) is 0 Å². The summed E-state index contributed by atoms with van der Waals surface area (Å²) in [7, 11) is 5.87. The molecule has 0 aromatic heterocycles. The van der Waals surface area contributed by atoms with Crippen molar-refractivity contribution >= 4 is 11.6 Å². The molecule has 0 saturated carbocycles. The Morgan fingerprint density at radius 1 is 1.26 bits per heavy atom. The summed E-state index contributed by atoms with van der Waals surface area (Å²) in [6.45, 7) is 1.34. The molecular weight excluding hydrogens is 240 g/mol. The highest BCUT2D eigenvalue weighted by Gasteiger charge is 2.26. The summed E-state index contributed by atoms with van der Waals surface area (Å²) in [6.07, 6.45) is 1.61. The molecule has 19 heavy (non-hydrogen) atoms. The van der Waals surface area contributed by atoms with Gasteiger partial charge in [0.25, 0.3) is 5.91 Å². The maximum absolute atomic E-state index is 12.1. The van der Waals surface area contributed by atoms with E-state index in [2.05, 4.69) is 29.2 Å². The second-order valence-electron chi connectivity index (χ2n) is 5.26. The number of ether oxygens (including phenoxy) is 1. The van der Waals surface area contributed by atoms with E-state index in [4.69, 9.17) is 4.74 Å². The molecule has 1 saturated heterocycles. The Balaban J connectivity index is 1.94. The van der Waals surface area contributed by atoms with Gasteiger partial charge in [0, 0.05) is 40.0 Å². The van der Waals surface area contributed by atoms with Gasteiger partial charge in [0.15, 0.2) is 0 Å². The summed E-state index contributed by atoms with van der Waals surface area (Å²) >= 11 is 0. The van der Waals surface area contributed by atoms with Crippen molar-refractivity contribution < 1.29 is 9.53 Å². The van der Waals surface area contributed by atoms with Crippen LogP contribution in [0.5, 0.6) is 0 Å². The van der Waals surface area contributed by atoms with Gasteiger partial charge < -0.3 is 14.5 Å². The minimum absolute atomic E-state index is 0.0918. The lowest BCUT2D eigenvalue weighted by Gasteiger charge is -2.21. The first-order valence-corrected chi connectivity index (χ1v) is 6.71. The summed E-state index contributed by atoms with van der Waals surface area (Å²) in [5.41, 5.74) is 2.30. The highest BCUT2D eigenvalue weighted by atomic mass is 16.5. The van der Waals surface area contributed by atoms with E-state index >= 15 is 0 Å². The van der Waals surface area contributed by atoms with Crippen molar-refractivity contribution in [2.75, 3.05) is 32.6 Å². The fourth-order valence-corrected chi connectivity index (χ4v) is 2.27. The molecule has 1 heterocycles. The van der Waals surface area contributed by atoms with Crippen LogP contribution in [0.2, 0.25) is 0 Å². The summed E-state index contributed by atoms with van der Waals surface area (Å²) in [5, 5.41) is 0. The normalized spacial score (nSPS) is 18.4. The van der Waals surface area contributed by atoms with E-state index in [-0.39, 0.29) is 12.0 Å². The van der Waals surface area contributed by atoms with Crippen LogP contribution in [-0.2, 0) is 16.1 Å². The maximum Gasteiger partial charge on any atom is 0.251 e. The monoisotopic (exact) mass is 262 g/mol. The molecule has 0 bridgehead atoms. The van der Waals surface area contributed by atoms with Crippen LogP contribution in [0, 0.1) is 0 Å². The molecule has 1 aliphatic rings. The largest absolute Gasteiger partial charge is 0.378 e. The zero-order chi connectivity index (χ0) is 13.8. The number of hydrogen-bond donors (Lipinski definition) is 0. The van der Waals surface area contributed by atoms with Crippen LogP contribution in [0.3, 0.4) is 0 Å². The first-order chi connectivity index (χ1) is 9.08. The van der Waals surface area contributed by atoms with Crippen molar-refractivity contribution in [3.05, 3.63) is 29.8 Å². The van der Waals surface area contributed by atoms with E-state index in [1.165, 1.54) is 0 Å². The van der Waals surface area contributed by atoms with Gasteiger partial charge in [-0.15, -0.1) is 0 Å². The molecule has 1 aromatic carbocycles. The van der Waals surface area contributed by atoms with Gasteiger partial charge in [-0.2, -0.15) is 0 Å². The molecule has 0 aliphatic carbocycles. The molecule has 1 aliphatic heterocycles. The van der Waals surface area contributed by atoms with Crippen LogP contribution in [0.4, 0.5) is 5.69 Å². The van der Waals surface area contributed by atoms with Gasteiger partial charge in [0.2, 0.25) is 0 Å². The number of nitrogens with zero attached hydrogens (tertiary/aromatic N) is 2. The van der Waals surface area contributed by atoms with Crippen LogP contribution >= 0.6 is 0 Å². The number of likely N-dealkylation sites (N-methyl/N-ethyl adjacent to an activating group) is 1. The Morgan fingerprint density at radius 3 is 2.47 bits per heavy atom. The van der Waals surface area contributed by atoms with E-state index in [1.54, 1.807) is 4.90 Å². The van der Waals surface area contributed by atoms with Gasteiger partial charge in [-0.1, -0.05) is 12.1 Å². The molecular formula is C15H22N2O2. The minimum Gasteiger partial charge on any atom is -0.378 e. The lowest BCUT2D eigenvalue weighted by molar-refractivity contribution is -0.140. The van der Waals surface area contributed by atoms with Gasteiger partial charge in [-0.05, 0) is 30.5 Å². The molecule has 4 nitrogen and oxygen atoms in total. The van der Waals surface area contributed by atoms with Crippen molar-refractivity contribution in [3.8, 4) is 0 Å². The average Bonchev–Trinajstić information content (AvgIpc) is 2.92.